The highest BCUT2D eigenvalue weighted by molar-refractivity contribution is 8.14. The molecule has 122 valence electrons. The van der Waals surface area contributed by atoms with Crippen LogP contribution in [0, 0.1) is 0 Å². The molecule has 1 aliphatic carbocycles. The van der Waals surface area contributed by atoms with Crippen molar-refractivity contribution in [1.82, 2.24) is 15.1 Å². The molecule has 1 saturated carbocycles. The summed E-state index contributed by atoms with van der Waals surface area (Å²) in [4.78, 5) is 27.7. The van der Waals surface area contributed by atoms with Crippen LogP contribution < -0.4 is 5.32 Å². The van der Waals surface area contributed by atoms with E-state index in [0.717, 1.165) is 25.9 Å². The van der Waals surface area contributed by atoms with Gasteiger partial charge in [-0.25, -0.2) is 4.79 Å². The zero-order valence-electron chi connectivity index (χ0n) is 12.9. The highest BCUT2D eigenvalue weighted by Crippen LogP contribution is 2.34. The molecular weight excluding hydrogens is 318 g/mol. The highest BCUT2D eigenvalue weighted by Gasteiger charge is 2.39. The summed E-state index contributed by atoms with van der Waals surface area (Å²) in [5, 5.41) is 5.71. The van der Waals surface area contributed by atoms with Gasteiger partial charge in [0.05, 0.1) is 0 Å². The number of nitrogens with one attached hydrogen (secondary N) is 1. The van der Waals surface area contributed by atoms with E-state index in [1.165, 1.54) is 31.0 Å². The SMILES string of the molecule is CC(=O)SC1CN(C2SC=CN2C(=O)NC2CCCCC2)C1. The maximum atomic E-state index is 12.5. The fourth-order valence-corrected chi connectivity index (χ4v) is 5.18. The monoisotopic (exact) mass is 341 g/mol. The van der Waals surface area contributed by atoms with Gasteiger partial charge in [0.15, 0.2) is 5.12 Å². The summed E-state index contributed by atoms with van der Waals surface area (Å²) < 4.78 is 0. The molecule has 0 radical (unpaired) electrons. The van der Waals surface area contributed by atoms with Crippen LogP contribution in [-0.2, 0) is 4.79 Å². The second-order valence-electron chi connectivity index (χ2n) is 6.12. The van der Waals surface area contributed by atoms with Crippen molar-refractivity contribution in [3.8, 4) is 0 Å². The smallest absolute Gasteiger partial charge is 0.323 e. The van der Waals surface area contributed by atoms with Crippen molar-refractivity contribution in [1.29, 1.82) is 0 Å². The Balaban J connectivity index is 1.49. The molecule has 0 aromatic heterocycles. The second-order valence-corrected chi connectivity index (χ2v) is 8.57. The molecule has 2 amide bonds. The van der Waals surface area contributed by atoms with Crippen LogP contribution in [0.3, 0.4) is 0 Å². The molecule has 3 rings (SSSR count). The van der Waals surface area contributed by atoms with E-state index in [2.05, 4.69) is 10.2 Å². The van der Waals surface area contributed by atoms with Crippen molar-refractivity contribution in [3.05, 3.63) is 11.6 Å². The third-order valence-electron chi connectivity index (χ3n) is 4.35. The molecule has 1 unspecified atom stereocenters. The quantitative estimate of drug-likeness (QED) is 0.855. The van der Waals surface area contributed by atoms with Gasteiger partial charge in [-0.3, -0.25) is 14.6 Å². The number of hydrogen-bond acceptors (Lipinski definition) is 5. The van der Waals surface area contributed by atoms with E-state index in [0.29, 0.717) is 11.3 Å². The molecule has 1 saturated heterocycles. The molecule has 0 aromatic carbocycles. The molecule has 0 bridgehead atoms. The lowest BCUT2D eigenvalue weighted by atomic mass is 9.96. The maximum absolute atomic E-state index is 12.5. The van der Waals surface area contributed by atoms with E-state index in [-0.39, 0.29) is 16.6 Å². The summed E-state index contributed by atoms with van der Waals surface area (Å²) in [6, 6.07) is 0.346. The van der Waals surface area contributed by atoms with E-state index in [1.807, 2.05) is 11.6 Å². The van der Waals surface area contributed by atoms with Gasteiger partial charge >= 0.3 is 6.03 Å². The van der Waals surface area contributed by atoms with Crippen LogP contribution in [0.2, 0.25) is 0 Å². The maximum Gasteiger partial charge on any atom is 0.323 e. The molecule has 5 nitrogen and oxygen atoms in total. The minimum absolute atomic E-state index is 0.0146. The molecule has 2 heterocycles. The molecule has 0 spiro atoms. The average Bonchev–Trinajstić information content (AvgIpc) is 2.92. The van der Waals surface area contributed by atoms with Crippen LogP contribution in [0.4, 0.5) is 4.79 Å². The molecule has 7 heteroatoms. The minimum Gasteiger partial charge on any atom is -0.335 e. The minimum atomic E-state index is 0.0146. The molecule has 2 aliphatic heterocycles. The Kier molecular flexibility index (Phi) is 5.36. The van der Waals surface area contributed by atoms with Crippen molar-refractivity contribution < 1.29 is 9.59 Å². The first kappa shape index (κ1) is 16.2. The summed E-state index contributed by atoms with van der Waals surface area (Å²) in [7, 11) is 0. The van der Waals surface area contributed by atoms with Crippen molar-refractivity contribution >= 4 is 34.7 Å². The third kappa shape index (κ3) is 3.81. The molecule has 1 atom stereocenters. The lowest BCUT2D eigenvalue weighted by Gasteiger charge is -2.44. The standard InChI is InChI=1S/C15H23N3O2S2/c1-11(19)22-13-9-17(10-13)15-18(7-8-21-15)14(20)16-12-5-3-2-4-6-12/h7-8,12-13,15H,2-6,9-10H2,1H3,(H,16,20). The molecule has 2 fully saturated rings. The first-order chi connectivity index (χ1) is 10.6. The second kappa shape index (κ2) is 7.27. The van der Waals surface area contributed by atoms with E-state index in [1.54, 1.807) is 23.6 Å². The van der Waals surface area contributed by atoms with Crippen molar-refractivity contribution in [2.24, 2.45) is 0 Å². The van der Waals surface area contributed by atoms with Crippen molar-refractivity contribution in [3.63, 3.8) is 0 Å². The number of nitrogens with zero attached hydrogens (tertiary/aromatic N) is 2. The van der Waals surface area contributed by atoms with Crippen LogP contribution in [0.1, 0.15) is 39.0 Å². The first-order valence-electron chi connectivity index (χ1n) is 7.96. The summed E-state index contributed by atoms with van der Waals surface area (Å²) in [5.74, 6) is 0. The number of thioether (sulfide) groups is 2. The van der Waals surface area contributed by atoms with Crippen LogP contribution in [0.15, 0.2) is 11.6 Å². The van der Waals surface area contributed by atoms with Gasteiger partial charge in [-0.2, -0.15) is 0 Å². The highest BCUT2D eigenvalue weighted by atomic mass is 32.2. The van der Waals surface area contributed by atoms with Gasteiger partial charge in [-0.15, -0.1) is 0 Å². The summed E-state index contributed by atoms with van der Waals surface area (Å²) >= 11 is 3.07. The van der Waals surface area contributed by atoms with Gasteiger partial charge in [-0.1, -0.05) is 42.8 Å². The Morgan fingerprint density at radius 1 is 1.23 bits per heavy atom. The van der Waals surface area contributed by atoms with Crippen LogP contribution >= 0.6 is 23.5 Å². The number of hydrogen-bond donors (Lipinski definition) is 1. The van der Waals surface area contributed by atoms with Crippen LogP contribution in [0.25, 0.3) is 0 Å². The zero-order valence-corrected chi connectivity index (χ0v) is 14.5. The average molecular weight is 342 g/mol. The predicted molar refractivity (Wildman–Crippen MR) is 91.4 cm³/mol. The number of amides is 2. The molecule has 0 aromatic rings. The van der Waals surface area contributed by atoms with E-state index >= 15 is 0 Å². The predicted octanol–water partition coefficient (Wildman–Crippen LogP) is 2.80. The Morgan fingerprint density at radius 3 is 2.64 bits per heavy atom. The molecule has 1 N–H and O–H groups in total. The lowest BCUT2D eigenvalue weighted by molar-refractivity contribution is -0.109. The molecular formula is C15H23N3O2S2. The van der Waals surface area contributed by atoms with Gasteiger partial charge in [0, 0.05) is 37.5 Å². The summed E-state index contributed by atoms with van der Waals surface area (Å²) in [6.45, 7) is 3.36. The Bertz CT molecular complexity index is 460. The third-order valence-corrected chi connectivity index (χ3v) is 6.36. The van der Waals surface area contributed by atoms with Gasteiger partial charge in [-0.05, 0) is 18.2 Å². The largest absolute Gasteiger partial charge is 0.335 e. The topological polar surface area (TPSA) is 52.7 Å². The van der Waals surface area contributed by atoms with Crippen molar-refractivity contribution in [2.45, 2.75) is 55.8 Å². The first-order valence-corrected chi connectivity index (χ1v) is 9.78. The number of urea groups is 1. The number of likely N-dealkylation sites (tertiary alicyclic amines) is 1. The molecule has 22 heavy (non-hydrogen) atoms. The summed E-state index contributed by atoms with van der Waals surface area (Å²) in [6.07, 6.45) is 7.80. The fraction of sp³-hybridized carbons (Fsp3) is 0.733. The van der Waals surface area contributed by atoms with E-state index in [4.69, 9.17) is 0 Å². The molecule has 3 aliphatic rings. The lowest BCUT2D eigenvalue weighted by Crippen LogP contribution is -2.59. The van der Waals surface area contributed by atoms with E-state index < -0.39 is 0 Å². The summed E-state index contributed by atoms with van der Waals surface area (Å²) in [5.41, 5.74) is 0.0485. The van der Waals surface area contributed by atoms with Crippen LogP contribution in [-0.4, -0.2) is 50.8 Å². The van der Waals surface area contributed by atoms with Crippen LogP contribution in [0.5, 0.6) is 0 Å². The van der Waals surface area contributed by atoms with Gasteiger partial charge in [0.25, 0.3) is 0 Å². The Morgan fingerprint density at radius 2 is 1.95 bits per heavy atom. The van der Waals surface area contributed by atoms with Gasteiger partial charge in [0.1, 0.15) is 5.50 Å². The Hall–Kier alpha value is -0.660. The Labute approximate surface area is 140 Å². The number of carbonyl (C=O) groups excluding carboxylic acids is 2. The number of rotatable bonds is 3. The zero-order chi connectivity index (χ0) is 15.5. The normalized spacial score (nSPS) is 27.0. The van der Waals surface area contributed by atoms with Crippen molar-refractivity contribution in [2.75, 3.05) is 13.1 Å². The van der Waals surface area contributed by atoms with E-state index in [9.17, 15) is 9.59 Å². The van der Waals surface area contributed by atoms with Gasteiger partial charge in [0.2, 0.25) is 0 Å². The van der Waals surface area contributed by atoms with Gasteiger partial charge < -0.3 is 5.32 Å². The fourth-order valence-electron chi connectivity index (χ4n) is 3.20. The number of carbonyl (C=O) groups is 2.